The van der Waals surface area contributed by atoms with Crippen molar-refractivity contribution in [3.63, 3.8) is 0 Å². The van der Waals surface area contributed by atoms with E-state index in [0.717, 1.165) is 155 Å². The fourth-order valence-electron chi connectivity index (χ4n) is 16.5. The Hall–Kier alpha value is -13.9. The zero-order chi connectivity index (χ0) is 69.1. The first-order valence-electron chi connectivity index (χ1n) is 35.4. The van der Waals surface area contributed by atoms with Crippen molar-refractivity contribution >= 4 is 87.2 Å². The summed E-state index contributed by atoms with van der Waals surface area (Å²) >= 11 is 0. The van der Waals surface area contributed by atoms with Crippen LogP contribution >= 0.6 is 0 Å². The van der Waals surface area contributed by atoms with Crippen LogP contribution in [0, 0.1) is 25.2 Å². The van der Waals surface area contributed by atoms with Crippen LogP contribution in [0.25, 0.3) is 188 Å². The number of hydrogen-bond acceptors (Lipinski definition) is 3. The zero-order valence-electron chi connectivity index (χ0n) is 57.0. The summed E-state index contributed by atoms with van der Waals surface area (Å²) in [5, 5.41) is 22.3. The predicted octanol–water partition coefficient (Wildman–Crippen LogP) is 25.0. The molecule has 0 spiro atoms. The highest BCUT2D eigenvalue weighted by Crippen LogP contribution is 2.53. The SMILES string of the molecule is Cc1ccc2c(c1)c1ccccc1n2-c1ccc(-c2c(C#N)c(-c3nc(-c4ccccc4)cc(-c4ccccc4)n3)c(-c3ccc(-n4c5ccccc5c5cc(C)ccc54)cc3)c(-n3c4ccccc4c4cc(-c5ccccc5)ccc43)c2-n2c3ccccc3c3cc(-c4ccccc4)ccc32)cc1. The Bertz CT molecular complexity index is 6830. The number of para-hydroxylation sites is 4. The average molecular weight is 1330 g/mol. The van der Waals surface area contributed by atoms with Crippen molar-refractivity contribution in [2.45, 2.75) is 13.8 Å². The molecule has 0 amide bonds. The zero-order valence-corrected chi connectivity index (χ0v) is 57.0. The molecule has 5 heterocycles. The molecule has 0 aliphatic heterocycles. The van der Waals surface area contributed by atoms with Gasteiger partial charge in [-0.3, -0.25) is 0 Å². The van der Waals surface area contributed by atoms with Gasteiger partial charge in [-0.2, -0.15) is 5.26 Å². The summed E-state index contributed by atoms with van der Waals surface area (Å²) in [6, 6.07) is 127. The largest absolute Gasteiger partial charge is 0.309 e. The molecule has 104 heavy (non-hydrogen) atoms. The summed E-state index contributed by atoms with van der Waals surface area (Å²) in [5.41, 5.74) is 26.4. The smallest absolute Gasteiger partial charge is 0.162 e. The molecule has 7 heteroatoms. The van der Waals surface area contributed by atoms with Gasteiger partial charge in [-0.15, -0.1) is 0 Å². The molecule has 0 atom stereocenters. The molecule has 0 N–H and O–H groups in total. The summed E-state index contributed by atoms with van der Waals surface area (Å²) in [6.45, 7) is 4.32. The van der Waals surface area contributed by atoms with Gasteiger partial charge < -0.3 is 18.3 Å². The van der Waals surface area contributed by atoms with Gasteiger partial charge in [0.05, 0.1) is 72.5 Å². The van der Waals surface area contributed by atoms with Crippen LogP contribution in [-0.4, -0.2) is 28.2 Å². The Labute approximate surface area is 600 Å². The Balaban J connectivity index is 0.995. The van der Waals surface area contributed by atoms with Crippen molar-refractivity contribution in [3.8, 4) is 107 Å². The molecule has 7 nitrogen and oxygen atoms in total. The normalized spacial score (nSPS) is 11.7. The molecule has 0 aliphatic rings. The average Bonchev–Trinajstić information content (AvgIpc) is 1.66. The molecule has 0 saturated heterocycles. The monoisotopic (exact) mass is 1330 g/mol. The van der Waals surface area contributed by atoms with E-state index in [0.29, 0.717) is 17.0 Å². The summed E-state index contributed by atoms with van der Waals surface area (Å²) in [5.74, 6) is 0.409. The lowest BCUT2D eigenvalue weighted by Gasteiger charge is -2.28. The molecule has 0 aliphatic carbocycles. The van der Waals surface area contributed by atoms with Crippen LogP contribution in [0.15, 0.2) is 346 Å². The van der Waals surface area contributed by atoms with Crippen LogP contribution in [0.1, 0.15) is 16.7 Å². The molecule has 0 fully saturated rings. The van der Waals surface area contributed by atoms with Crippen molar-refractivity contribution in [1.82, 2.24) is 28.2 Å². The maximum atomic E-state index is 13.2. The van der Waals surface area contributed by atoms with E-state index in [1.165, 1.54) is 32.7 Å². The van der Waals surface area contributed by atoms with Crippen molar-refractivity contribution in [2.75, 3.05) is 0 Å². The summed E-state index contributed by atoms with van der Waals surface area (Å²) in [4.78, 5) is 11.6. The summed E-state index contributed by atoms with van der Waals surface area (Å²) < 4.78 is 9.71. The first kappa shape index (κ1) is 60.1. The molecule has 15 aromatic carbocycles. The Morgan fingerprint density at radius 1 is 0.240 bits per heavy atom. The van der Waals surface area contributed by atoms with E-state index in [2.05, 4.69) is 372 Å². The molecule has 0 unspecified atom stereocenters. The minimum atomic E-state index is 0.409. The van der Waals surface area contributed by atoms with Crippen molar-refractivity contribution in [2.24, 2.45) is 0 Å². The summed E-state index contributed by atoms with van der Waals surface area (Å²) in [6.07, 6.45) is 0. The molecule has 0 radical (unpaired) electrons. The third-order valence-electron chi connectivity index (χ3n) is 21.1. The first-order valence-corrected chi connectivity index (χ1v) is 35.4. The fraction of sp³-hybridized carbons (Fsp3) is 0.0206. The van der Waals surface area contributed by atoms with Crippen LogP contribution < -0.4 is 0 Å². The molecule has 20 aromatic rings. The van der Waals surface area contributed by atoms with Gasteiger partial charge in [0.2, 0.25) is 0 Å². The van der Waals surface area contributed by atoms with Crippen LogP contribution in [0.2, 0.25) is 0 Å². The second-order valence-corrected chi connectivity index (χ2v) is 27.2. The van der Waals surface area contributed by atoms with Crippen LogP contribution in [0.5, 0.6) is 0 Å². The number of nitrogens with zero attached hydrogens (tertiary/aromatic N) is 7. The second-order valence-electron chi connectivity index (χ2n) is 27.2. The van der Waals surface area contributed by atoms with Gasteiger partial charge in [-0.05, 0) is 150 Å². The van der Waals surface area contributed by atoms with E-state index in [9.17, 15) is 5.26 Å². The number of aryl methyl sites for hydroxylation is 2. The maximum absolute atomic E-state index is 13.2. The highest BCUT2D eigenvalue weighted by Gasteiger charge is 2.34. The maximum Gasteiger partial charge on any atom is 0.162 e. The highest BCUT2D eigenvalue weighted by atomic mass is 15.1. The van der Waals surface area contributed by atoms with Crippen molar-refractivity contribution < 1.29 is 0 Å². The molecule has 486 valence electrons. The standard InChI is InChI=1S/C97H63N7/c1-61-39-51-88-77(55-61)73-31-15-19-35-84(73)101(88)71-47-41-67(42-48-71)92-81(60-98)94(97-99-82(65-27-11-5-12-28-65)59-83(100-97)66-29-13-6-14-30-66)93(68-43-49-72(50-44-68)102-85-36-20-16-32-74(85)78-56-62(2)40-52-89(78)102)96(104-87-38-22-18-34-76(87)80-58-70(46-54-91(80)104)64-25-9-4-10-26-64)95(92)103-86-37-21-17-33-75(86)79-57-69(45-53-90(79)103)63-23-7-3-8-24-63/h3-59H,1-2H3. The van der Waals surface area contributed by atoms with Crippen LogP contribution in [0.3, 0.4) is 0 Å². The molecular weight excluding hydrogens is 1260 g/mol. The van der Waals surface area contributed by atoms with Gasteiger partial charge in [0.1, 0.15) is 6.07 Å². The number of benzene rings is 15. The van der Waals surface area contributed by atoms with E-state index in [1.807, 2.05) is 12.1 Å². The molecular formula is C97H63N7. The van der Waals surface area contributed by atoms with E-state index >= 15 is 0 Å². The third kappa shape index (κ3) is 9.57. The van der Waals surface area contributed by atoms with Crippen LogP contribution in [0.4, 0.5) is 0 Å². The second kappa shape index (κ2) is 24.2. The lowest BCUT2D eigenvalue weighted by Crippen LogP contribution is -2.12. The summed E-state index contributed by atoms with van der Waals surface area (Å²) in [7, 11) is 0. The van der Waals surface area contributed by atoms with E-state index in [4.69, 9.17) is 9.97 Å². The molecule has 5 aromatic heterocycles. The van der Waals surface area contributed by atoms with E-state index in [-0.39, 0.29) is 0 Å². The van der Waals surface area contributed by atoms with Crippen molar-refractivity contribution in [1.29, 1.82) is 5.26 Å². The van der Waals surface area contributed by atoms with E-state index < -0.39 is 0 Å². The van der Waals surface area contributed by atoms with Crippen molar-refractivity contribution in [3.05, 3.63) is 362 Å². The Morgan fingerprint density at radius 3 is 0.952 bits per heavy atom. The molecule has 0 saturated carbocycles. The topological polar surface area (TPSA) is 69.3 Å². The van der Waals surface area contributed by atoms with Gasteiger partial charge in [-0.1, -0.05) is 254 Å². The quantitative estimate of drug-likeness (QED) is 0.130. The fourth-order valence-corrected chi connectivity index (χ4v) is 16.5. The van der Waals surface area contributed by atoms with E-state index in [1.54, 1.807) is 0 Å². The minimum absolute atomic E-state index is 0.409. The van der Waals surface area contributed by atoms with Gasteiger partial charge >= 0.3 is 0 Å². The highest BCUT2D eigenvalue weighted by molar-refractivity contribution is 6.17. The molecule has 0 bridgehead atoms. The van der Waals surface area contributed by atoms with Gasteiger partial charge in [0.25, 0.3) is 0 Å². The minimum Gasteiger partial charge on any atom is -0.309 e. The third-order valence-corrected chi connectivity index (χ3v) is 21.1. The van der Waals surface area contributed by atoms with Gasteiger partial charge in [-0.25, -0.2) is 9.97 Å². The number of aromatic nitrogens is 6. The first-order chi connectivity index (χ1) is 51.4. The lowest BCUT2D eigenvalue weighted by molar-refractivity contribution is 1.09. The molecule has 20 rings (SSSR count). The number of rotatable bonds is 11. The van der Waals surface area contributed by atoms with Gasteiger partial charge in [0.15, 0.2) is 5.82 Å². The van der Waals surface area contributed by atoms with Crippen LogP contribution in [-0.2, 0) is 0 Å². The Kier molecular flexibility index (Phi) is 14.0. The predicted molar refractivity (Wildman–Crippen MR) is 432 cm³/mol. The van der Waals surface area contributed by atoms with Gasteiger partial charge in [0, 0.05) is 82.3 Å². The number of nitriles is 1. The number of fused-ring (bicyclic) bond motifs is 12. The number of hydrogen-bond donors (Lipinski definition) is 0. The lowest BCUT2D eigenvalue weighted by atomic mass is 9.85. The Morgan fingerprint density at radius 2 is 0.548 bits per heavy atom.